The molecule has 0 saturated heterocycles. The normalized spacial score (nSPS) is 10.6. The molecule has 17 heavy (non-hydrogen) atoms. The summed E-state index contributed by atoms with van der Waals surface area (Å²) in [6, 6.07) is 5.22. The van der Waals surface area contributed by atoms with Crippen molar-refractivity contribution in [1.82, 2.24) is 9.55 Å². The second-order valence-corrected chi connectivity index (χ2v) is 4.46. The molecule has 1 aromatic carbocycles. The van der Waals surface area contributed by atoms with Crippen molar-refractivity contribution < 1.29 is 9.90 Å². The van der Waals surface area contributed by atoms with Gasteiger partial charge < -0.3 is 5.11 Å². The third kappa shape index (κ3) is 2.52. The van der Waals surface area contributed by atoms with Gasteiger partial charge in [0.15, 0.2) is 0 Å². The molecule has 0 aliphatic carbocycles. The number of fused-ring (bicyclic) bond motifs is 1. The Morgan fingerprint density at radius 1 is 1.47 bits per heavy atom. The van der Waals surface area contributed by atoms with Crippen LogP contribution in [-0.2, 0) is 11.3 Å². The molecule has 88 valence electrons. The number of carbonyl (C=O) groups is 1. The maximum atomic E-state index is 12.0. The molecule has 0 unspecified atom stereocenters. The van der Waals surface area contributed by atoms with Crippen LogP contribution in [0.1, 0.15) is 6.42 Å². The van der Waals surface area contributed by atoms with Gasteiger partial charge in [-0.3, -0.25) is 14.2 Å². The third-order valence-electron chi connectivity index (χ3n) is 2.35. The zero-order valence-corrected chi connectivity index (χ0v) is 10.3. The zero-order valence-electron chi connectivity index (χ0n) is 8.76. The summed E-state index contributed by atoms with van der Waals surface area (Å²) < 4.78 is 2.10. The van der Waals surface area contributed by atoms with Crippen LogP contribution in [0.4, 0.5) is 0 Å². The van der Waals surface area contributed by atoms with Gasteiger partial charge >= 0.3 is 5.97 Å². The van der Waals surface area contributed by atoms with Gasteiger partial charge in [0, 0.05) is 11.0 Å². The molecule has 0 bridgehead atoms. The van der Waals surface area contributed by atoms with Crippen molar-refractivity contribution >= 4 is 32.8 Å². The van der Waals surface area contributed by atoms with Gasteiger partial charge in [-0.1, -0.05) is 15.9 Å². The first-order chi connectivity index (χ1) is 8.08. The van der Waals surface area contributed by atoms with Crippen molar-refractivity contribution in [2.24, 2.45) is 0 Å². The highest BCUT2D eigenvalue weighted by molar-refractivity contribution is 9.10. The van der Waals surface area contributed by atoms with Crippen LogP contribution in [0.25, 0.3) is 10.9 Å². The minimum absolute atomic E-state index is 0.0961. The van der Waals surface area contributed by atoms with E-state index < -0.39 is 5.97 Å². The van der Waals surface area contributed by atoms with Crippen molar-refractivity contribution in [3.8, 4) is 0 Å². The van der Waals surface area contributed by atoms with Crippen LogP contribution in [0.5, 0.6) is 0 Å². The Bertz CT molecular complexity index is 636. The second kappa shape index (κ2) is 4.67. The smallest absolute Gasteiger partial charge is 0.305 e. The SMILES string of the molecule is O=C(O)CCn1cnc2ccc(Br)cc2c1=O. The van der Waals surface area contributed by atoms with E-state index >= 15 is 0 Å². The molecule has 0 saturated carbocycles. The molecule has 0 aliphatic rings. The van der Waals surface area contributed by atoms with E-state index in [-0.39, 0.29) is 18.5 Å². The highest BCUT2D eigenvalue weighted by Crippen LogP contribution is 2.14. The van der Waals surface area contributed by atoms with Crippen LogP contribution in [-0.4, -0.2) is 20.6 Å². The zero-order chi connectivity index (χ0) is 12.4. The summed E-state index contributed by atoms with van der Waals surface area (Å²) in [7, 11) is 0. The molecular formula is C11H9BrN2O3. The van der Waals surface area contributed by atoms with Gasteiger partial charge in [0.2, 0.25) is 0 Å². The predicted octanol–water partition coefficient (Wildman–Crippen LogP) is 1.63. The van der Waals surface area contributed by atoms with Gasteiger partial charge in [0.25, 0.3) is 5.56 Å². The lowest BCUT2D eigenvalue weighted by Gasteiger charge is -2.04. The number of aryl methyl sites for hydroxylation is 1. The molecule has 0 spiro atoms. The standard InChI is InChI=1S/C11H9BrN2O3/c12-7-1-2-9-8(5-7)11(17)14(6-13-9)4-3-10(15)16/h1-2,5-6H,3-4H2,(H,15,16). The first kappa shape index (κ1) is 11.8. The van der Waals surface area contributed by atoms with Crippen molar-refractivity contribution in [3.05, 3.63) is 39.4 Å². The van der Waals surface area contributed by atoms with Crippen LogP contribution >= 0.6 is 15.9 Å². The number of hydrogen-bond donors (Lipinski definition) is 1. The monoisotopic (exact) mass is 296 g/mol. The van der Waals surface area contributed by atoms with Crippen molar-refractivity contribution in [3.63, 3.8) is 0 Å². The Morgan fingerprint density at radius 3 is 2.94 bits per heavy atom. The summed E-state index contributed by atoms with van der Waals surface area (Å²) in [4.78, 5) is 26.6. The lowest BCUT2D eigenvalue weighted by atomic mass is 10.2. The van der Waals surface area contributed by atoms with E-state index in [1.54, 1.807) is 18.2 Å². The summed E-state index contributed by atoms with van der Waals surface area (Å²) in [6.07, 6.45) is 1.28. The van der Waals surface area contributed by atoms with Gasteiger partial charge in [-0.2, -0.15) is 0 Å². The summed E-state index contributed by atoms with van der Waals surface area (Å²) in [5, 5.41) is 9.06. The Kier molecular flexibility index (Phi) is 3.23. The first-order valence-corrected chi connectivity index (χ1v) is 5.74. The molecule has 2 rings (SSSR count). The summed E-state index contributed by atoms with van der Waals surface area (Å²) >= 11 is 3.28. The van der Waals surface area contributed by atoms with E-state index in [1.807, 2.05) is 0 Å². The number of carboxylic acids is 1. The minimum Gasteiger partial charge on any atom is -0.481 e. The predicted molar refractivity (Wildman–Crippen MR) is 66.0 cm³/mol. The molecule has 6 heteroatoms. The second-order valence-electron chi connectivity index (χ2n) is 3.55. The van der Waals surface area contributed by atoms with Crippen LogP contribution in [0.15, 0.2) is 33.8 Å². The van der Waals surface area contributed by atoms with Gasteiger partial charge in [0.1, 0.15) is 0 Å². The minimum atomic E-state index is -0.939. The Hall–Kier alpha value is -1.69. The third-order valence-corrected chi connectivity index (χ3v) is 2.85. The average molecular weight is 297 g/mol. The number of rotatable bonds is 3. The van der Waals surface area contributed by atoms with Crippen LogP contribution in [0.3, 0.4) is 0 Å². The number of nitrogens with zero attached hydrogens (tertiary/aromatic N) is 2. The van der Waals surface area contributed by atoms with Crippen LogP contribution in [0, 0.1) is 0 Å². The molecule has 0 amide bonds. The number of aliphatic carboxylic acids is 1. The fourth-order valence-electron chi connectivity index (χ4n) is 1.51. The van der Waals surface area contributed by atoms with Crippen molar-refractivity contribution in [1.29, 1.82) is 0 Å². The molecule has 1 N–H and O–H groups in total. The molecule has 0 fully saturated rings. The summed E-state index contributed by atoms with van der Waals surface area (Å²) in [5.41, 5.74) is 0.377. The number of benzene rings is 1. The Balaban J connectivity index is 2.49. The van der Waals surface area contributed by atoms with Crippen LogP contribution in [0.2, 0.25) is 0 Å². The van der Waals surface area contributed by atoms with Crippen molar-refractivity contribution in [2.75, 3.05) is 0 Å². The van der Waals surface area contributed by atoms with Gasteiger partial charge in [-0.25, -0.2) is 4.98 Å². The topological polar surface area (TPSA) is 72.2 Å². The van der Waals surface area contributed by atoms with Crippen molar-refractivity contribution in [2.45, 2.75) is 13.0 Å². The highest BCUT2D eigenvalue weighted by Gasteiger charge is 2.05. The number of halogens is 1. The summed E-state index contributed by atoms with van der Waals surface area (Å²) in [6.45, 7) is 0.129. The van der Waals surface area contributed by atoms with Crippen LogP contribution < -0.4 is 5.56 Å². The quantitative estimate of drug-likeness (QED) is 0.934. The lowest BCUT2D eigenvalue weighted by Crippen LogP contribution is -2.21. The molecule has 2 aromatic rings. The van der Waals surface area contributed by atoms with E-state index in [0.29, 0.717) is 10.9 Å². The fraction of sp³-hybridized carbons (Fsp3) is 0.182. The maximum Gasteiger partial charge on any atom is 0.305 e. The molecular weight excluding hydrogens is 288 g/mol. The first-order valence-electron chi connectivity index (χ1n) is 4.94. The van der Waals surface area contributed by atoms with E-state index in [2.05, 4.69) is 20.9 Å². The number of aromatic nitrogens is 2. The van der Waals surface area contributed by atoms with E-state index in [1.165, 1.54) is 10.9 Å². The molecule has 0 radical (unpaired) electrons. The molecule has 1 aromatic heterocycles. The van der Waals surface area contributed by atoms with E-state index in [9.17, 15) is 9.59 Å². The maximum absolute atomic E-state index is 12.0. The molecule has 5 nitrogen and oxygen atoms in total. The number of hydrogen-bond acceptors (Lipinski definition) is 3. The Morgan fingerprint density at radius 2 is 2.24 bits per heavy atom. The fourth-order valence-corrected chi connectivity index (χ4v) is 1.87. The highest BCUT2D eigenvalue weighted by atomic mass is 79.9. The molecule has 0 aliphatic heterocycles. The largest absolute Gasteiger partial charge is 0.481 e. The molecule has 0 atom stereocenters. The number of carboxylic acid groups (broad SMARTS) is 1. The van der Waals surface area contributed by atoms with Gasteiger partial charge in [0.05, 0.1) is 23.7 Å². The average Bonchev–Trinajstić information content (AvgIpc) is 2.29. The molecule has 1 heterocycles. The van der Waals surface area contributed by atoms with Gasteiger partial charge in [-0.15, -0.1) is 0 Å². The van der Waals surface area contributed by atoms with E-state index in [4.69, 9.17) is 5.11 Å². The summed E-state index contributed by atoms with van der Waals surface area (Å²) in [5.74, 6) is -0.939. The van der Waals surface area contributed by atoms with E-state index in [0.717, 1.165) is 4.47 Å². The lowest BCUT2D eigenvalue weighted by molar-refractivity contribution is -0.137. The van der Waals surface area contributed by atoms with Gasteiger partial charge in [-0.05, 0) is 18.2 Å². The Labute approximate surface area is 105 Å².